The fourth-order valence-electron chi connectivity index (χ4n) is 3.50. The number of fused-ring (bicyclic) bond motifs is 4. The molecule has 27 heavy (non-hydrogen) atoms. The molecule has 0 radical (unpaired) electrons. The van der Waals surface area contributed by atoms with Gasteiger partial charge < -0.3 is 18.0 Å². The van der Waals surface area contributed by atoms with Crippen LogP contribution in [0.4, 0.5) is 14.3 Å². The monoisotopic (exact) mass is 376 g/mol. The molecular formula is C19H11BF2N4S. The predicted octanol–water partition coefficient (Wildman–Crippen LogP) is 4.31. The predicted molar refractivity (Wildman–Crippen MR) is 104 cm³/mol. The van der Waals surface area contributed by atoms with Gasteiger partial charge in [0.2, 0.25) is 5.71 Å². The second-order valence-electron chi connectivity index (χ2n) is 6.24. The van der Waals surface area contributed by atoms with Gasteiger partial charge in [0.15, 0.2) is 5.52 Å². The molecule has 8 heteroatoms. The molecular weight excluding hydrogens is 365 g/mol. The molecule has 130 valence electrons. The van der Waals surface area contributed by atoms with Gasteiger partial charge in [-0.1, -0.05) is 59.9 Å². The van der Waals surface area contributed by atoms with Crippen molar-refractivity contribution in [2.45, 2.75) is 0 Å². The average molecular weight is 376 g/mol. The summed E-state index contributed by atoms with van der Waals surface area (Å²) in [4.78, 5) is 0.715. The van der Waals surface area contributed by atoms with Crippen LogP contribution in [0, 0.1) is 11.3 Å². The highest BCUT2D eigenvalue weighted by Crippen LogP contribution is 2.35. The Morgan fingerprint density at radius 1 is 1.00 bits per heavy atom. The Balaban J connectivity index is 1.83. The Bertz CT molecular complexity index is 1290. The van der Waals surface area contributed by atoms with Crippen LogP contribution in [-0.2, 0) is 0 Å². The first-order valence-electron chi connectivity index (χ1n) is 8.33. The number of nitrogens with zero attached hydrogens (tertiary/aromatic N) is 4. The molecule has 1 aromatic heterocycles. The molecule has 0 spiro atoms. The van der Waals surface area contributed by atoms with Crippen LogP contribution in [-0.4, -0.2) is 12.7 Å². The summed E-state index contributed by atoms with van der Waals surface area (Å²) in [6, 6.07) is 21.4. The van der Waals surface area contributed by atoms with Gasteiger partial charge in [-0.3, -0.25) is 0 Å². The number of thiazole rings is 1. The van der Waals surface area contributed by atoms with Crippen LogP contribution < -0.4 is 9.40 Å². The summed E-state index contributed by atoms with van der Waals surface area (Å²) < 4.78 is 33.0. The van der Waals surface area contributed by atoms with Crippen molar-refractivity contribution in [1.82, 2.24) is 0 Å². The Hall–Kier alpha value is -3.31. The van der Waals surface area contributed by atoms with Crippen LogP contribution in [0.25, 0.3) is 21.0 Å². The van der Waals surface area contributed by atoms with E-state index >= 15 is 8.63 Å². The Morgan fingerprint density at radius 2 is 1.74 bits per heavy atom. The number of hydrazone groups is 1. The summed E-state index contributed by atoms with van der Waals surface area (Å²) in [6.45, 7) is -4.26. The van der Waals surface area contributed by atoms with Gasteiger partial charge in [-0.2, -0.15) is 10.4 Å². The van der Waals surface area contributed by atoms with Crippen LogP contribution in [0.3, 0.4) is 0 Å². The van der Waals surface area contributed by atoms with Gasteiger partial charge in [0.05, 0.1) is 4.70 Å². The molecule has 4 aromatic rings. The largest absolute Gasteiger partial charge is 0.754 e. The first kappa shape index (κ1) is 15.9. The minimum absolute atomic E-state index is 0.0167. The van der Waals surface area contributed by atoms with Gasteiger partial charge in [0.1, 0.15) is 6.07 Å². The van der Waals surface area contributed by atoms with E-state index in [1.54, 1.807) is 48.5 Å². The van der Waals surface area contributed by atoms with Gasteiger partial charge >= 0.3 is 6.97 Å². The average Bonchev–Trinajstić information content (AvgIpc) is 3.09. The van der Waals surface area contributed by atoms with E-state index in [2.05, 4.69) is 5.10 Å². The molecule has 4 nitrogen and oxygen atoms in total. The molecule has 1 aliphatic heterocycles. The third-order valence-electron chi connectivity index (χ3n) is 4.68. The molecule has 5 rings (SSSR count). The number of benzene rings is 3. The molecule has 0 aliphatic carbocycles. The third kappa shape index (κ3) is 2.19. The number of hydrogen-bond donors (Lipinski definition) is 0. The van der Waals surface area contributed by atoms with E-state index in [0.717, 1.165) is 21.2 Å². The SMILES string of the molecule is N#CC1=NN(c2cccc3ccccc23)[B-](F)(F)[n+]2c1sc1ccccc12. The van der Waals surface area contributed by atoms with Gasteiger partial charge in [-0.25, -0.2) is 0 Å². The maximum Gasteiger partial charge on any atom is 0.754 e. The highest BCUT2D eigenvalue weighted by molar-refractivity contribution is 7.20. The summed E-state index contributed by atoms with van der Waals surface area (Å²) in [5.41, 5.74) is 0.659. The van der Waals surface area contributed by atoms with Crippen molar-refractivity contribution in [2.75, 3.05) is 4.92 Å². The van der Waals surface area contributed by atoms with E-state index in [-0.39, 0.29) is 16.4 Å². The van der Waals surface area contributed by atoms with E-state index < -0.39 is 6.97 Å². The van der Waals surface area contributed by atoms with Crippen LogP contribution in [0.1, 0.15) is 5.01 Å². The molecule has 0 unspecified atom stereocenters. The van der Waals surface area contributed by atoms with Gasteiger partial charge in [-0.15, -0.1) is 0 Å². The standard InChI is InChI=1S/C19H11BF2N4S/c21-20(22)25-17-9-3-4-11-18(17)27-19(25)15(12-23)24-26(20)16-10-5-7-13-6-1-2-8-14(13)16/h1-11H. The van der Waals surface area contributed by atoms with Crippen molar-refractivity contribution in [3.63, 3.8) is 0 Å². The highest BCUT2D eigenvalue weighted by atomic mass is 32.1. The Morgan fingerprint density at radius 3 is 2.59 bits per heavy atom. The molecule has 0 amide bonds. The zero-order valence-corrected chi connectivity index (χ0v) is 14.7. The molecule has 0 fully saturated rings. The van der Waals surface area contributed by atoms with Crippen molar-refractivity contribution >= 4 is 50.7 Å². The maximum absolute atomic E-state index is 15.7. The minimum Gasteiger partial charge on any atom is -0.388 e. The van der Waals surface area contributed by atoms with Crippen LogP contribution in [0.2, 0.25) is 0 Å². The normalized spacial score (nSPS) is 15.4. The molecule has 1 aliphatic rings. The van der Waals surface area contributed by atoms with Crippen LogP contribution >= 0.6 is 11.3 Å². The third-order valence-corrected chi connectivity index (χ3v) is 5.83. The smallest absolute Gasteiger partial charge is 0.388 e. The first-order valence-corrected chi connectivity index (χ1v) is 9.14. The van der Waals surface area contributed by atoms with Crippen molar-refractivity contribution in [3.05, 3.63) is 71.7 Å². The van der Waals surface area contributed by atoms with E-state index in [4.69, 9.17) is 0 Å². The summed E-state index contributed by atoms with van der Waals surface area (Å²) in [6.07, 6.45) is 0. The molecule has 2 heterocycles. The summed E-state index contributed by atoms with van der Waals surface area (Å²) in [7, 11) is 0. The number of anilines is 1. The fourth-order valence-corrected chi connectivity index (χ4v) is 4.64. The lowest BCUT2D eigenvalue weighted by molar-refractivity contribution is -0.535. The maximum atomic E-state index is 15.7. The van der Waals surface area contributed by atoms with E-state index in [1.807, 2.05) is 24.3 Å². The second-order valence-corrected chi connectivity index (χ2v) is 7.27. The zero-order valence-electron chi connectivity index (χ0n) is 13.9. The van der Waals surface area contributed by atoms with Crippen molar-refractivity contribution in [2.24, 2.45) is 5.10 Å². The first-order chi connectivity index (χ1) is 13.1. The van der Waals surface area contributed by atoms with Crippen LogP contribution in [0.5, 0.6) is 0 Å². The lowest BCUT2D eigenvalue weighted by atomic mass is 9.91. The van der Waals surface area contributed by atoms with Crippen molar-refractivity contribution in [3.8, 4) is 6.07 Å². The van der Waals surface area contributed by atoms with E-state index in [9.17, 15) is 5.26 Å². The van der Waals surface area contributed by atoms with Gasteiger partial charge in [0.25, 0.3) is 5.01 Å². The van der Waals surface area contributed by atoms with Crippen molar-refractivity contribution in [1.29, 1.82) is 5.26 Å². The number of halogens is 2. The zero-order chi connectivity index (χ0) is 18.6. The number of hydrogen-bond acceptors (Lipinski definition) is 4. The quantitative estimate of drug-likeness (QED) is 0.465. The summed E-state index contributed by atoms with van der Waals surface area (Å²) in [5, 5.41) is 15.3. The fraction of sp³-hybridized carbons (Fsp3) is 0. The number of nitriles is 1. The van der Waals surface area contributed by atoms with E-state index in [0.29, 0.717) is 20.5 Å². The summed E-state index contributed by atoms with van der Waals surface area (Å²) >= 11 is 1.15. The molecule has 0 N–H and O–H groups in total. The lowest BCUT2D eigenvalue weighted by Crippen LogP contribution is -2.72. The molecule has 0 bridgehead atoms. The second kappa shape index (κ2) is 5.59. The molecule has 0 saturated heterocycles. The Labute approximate surface area is 157 Å². The topological polar surface area (TPSA) is 43.3 Å². The van der Waals surface area contributed by atoms with Gasteiger partial charge in [0, 0.05) is 17.1 Å². The highest BCUT2D eigenvalue weighted by Gasteiger charge is 2.55. The number of para-hydroxylation sites is 1. The summed E-state index contributed by atoms with van der Waals surface area (Å²) in [5.74, 6) is 0. The lowest BCUT2D eigenvalue weighted by Gasteiger charge is -2.34. The van der Waals surface area contributed by atoms with Crippen molar-refractivity contribution < 1.29 is 13.1 Å². The molecule has 3 aromatic carbocycles. The Kier molecular flexibility index (Phi) is 3.30. The van der Waals surface area contributed by atoms with E-state index in [1.165, 1.54) is 0 Å². The van der Waals surface area contributed by atoms with Crippen LogP contribution in [0.15, 0.2) is 71.8 Å². The van der Waals surface area contributed by atoms with Gasteiger partial charge in [-0.05, 0) is 17.5 Å². The molecule has 0 atom stereocenters. The number of rotatable bonds is 1. The minimum atomic E-state index is -4.26. The molecule has 0 saturated carbocycles. The number of aromatic nitrogens is 1.